The van der Waals surface area contributed by atoms with Crippen LogP contribution in [-0.2, 0) is 17.6 Å². The standard InChI is InChI=1S/C19H17N3O4S/c23-16(24)10-26-14-7-3-1-5-12(14)9-21-22-11-20-18-17(19(22)25)13-6-2-4-8-15(13)27-18/h1,3,5,7,9,11H,2,4,6,8,10H2,(H,23,24)/b21-9+. The maximum atomic E-state index is 12.9. The third-order valence-corrected chi connectivity index (χ3v) is 5.65. The number of carboxylic acids is 1. The molecule has 2 aromatic heterocycles. The highest BCUT2D eigenvalue weighted by Crippen LogP contribution is 2.33. The quantitative estimate of drug-likeness (QED) is 0.684. The van der Waals surface area contributed by atoms with E-state index in [0.717, 1.165) is 36.1 Å². The van der Waals surface area contributed by atoms with Gasteiger partial charge in [0, 0.05) is 10.4 Å². The van der Waals surface area contributed by atoms with Crippen LogP contribution in [0.3, 0.4) is 0 Å². The van der Waals surface area contributed by atoms with Crippen molar-refractivity contribution in [3.8, 4) is 5.75 Å². The number of fused-ring (bicyclic) bond motifs is 3. The highest BCUT2D eigenvalue weighted by atomic mass is 32.1. The van der Waals surface area contributed by atoms with Gasteiger partial charge in [-0.1, -0.05) is 12.1 Å². The molecule has 0 spiro atoms. The van der Waals surface area contributed by atoms with Crippen LogP contribution in [0, 0.1) is 0 Å². The van der Waals surface area contributed by atoms with Crippen LogP contribution < -0.4 is 10.3 Å². The zero-order valence-electron chi connectivity index (χ0n) is 14.4. The number of nitrogens with zero attached hydrogens (tertiary/aromatic N) is 3. The average Bonchev–Trinajstić information content (AvgIpc) is 3.06. The summed E-state index contributed by atoms with van der Waals surface area (Å²) in [6.07, 6.45) is 7.05. The topological polar surface area (TPSA) is 93.8 Å². The summed E-state index contributed by atoms with van der Waals surface area (Å²) in [5.41, 5.74) is 1.52. The molecule has 7 nitrogen and oxygen atoms in total. The highest BCUT2D eigenvalue weighted by Gasteiger charge is 2.19. The van der Waals surface area contributed by atoms with Crippen molar-refractivity contribution in [2.24, 2.45) is 5.10 Å². The van der Waals surface area contributed by atoms with Crippen LogP contribution in [0.15, 0.2) is 40.5 Å². The molecule has 27 heavy (non-hydrogen) atoms. The van der Waals surface area contributed by atoms with E-state index in [4.69, 9.17) is 9.84 Å². The Labute approximate surface area is 158 Å². The summed E-state index contributed by atoms with van der Waals surface area (Å²) >= 11 is 1.60. The molecule has 4 rings (SSSR count). The van der Waals surface area contributed by atoms with Crippen molar-refractivity contribution in [3.05, 3.63) is 57.0 Å². The number of hydrogen-bond donors (Lipinski definition) is 1. The van der Waals surface area contributed by atoms with Crippen molar-refractivity contribution in [2.75, 3.05) is 6.61 Å². The highest BCUT2D eigenvalue weighted by molar-refractivity contribution is 7.18. The molecule has 1 aliphatic rings. The van der Waals surface area contributed by atoms with Crippen LogP contribution in [0.5, 0.6) is 5.75 Å². The lowest BCUT2D eigenvalue weighted by Gasteiger charge is -2.09. The first-order valence-electron chi connectivity index (χ1n) is 8.63. The van der Waals surface area contributed by atoms with Crippen molar-refractivity contribution >= 4 is 33.7 Å². The third-order valence-electron chi connectivity index (χ3n) is 4.45. The Morgan fingerprint density at radius 3 is 3.00 bits per heavy atom. The maximum Gasteiger partial charge on any atom is 0.341 e. The zero-order valence-corrected chi connectivity index (χ0v) is 15.2. The number of rotatable bonds is 5. The lowest BCUT2D eigenvalue weighted by atomic mass is 9.97. The lowest BCUT2D eigenvalue weighted by Crippen LogP contribution is -2.18. The Kier molecular flexibility index (Phi) is 4.72. The van der Waals surface area contributed by atoms with Gasteiger partial charge in [-0.05, 0) is 43.4 Å². The number of carboxylic acid groups (broad SMARTS) is 1. The molecule has 3 aromatic rings. The maximum absolute atomic E-state index is 12.9. The number of benzene rings is 1. The summed E-state index contributed by atoms with van der Waals surface area (Å²) in [5.74, 6) is -0.673. The first-order chi connectivity index (χ1) is 13.1. The van der Waals surface area contributed by atoms with Gasteiger partial charge in [0.15, 0.2) is 6.61 Å². The Morgan fingerprint density at radius 2 is 2.15 bits per heavy atom. The van der Waals surface area contributed by atoms with E-state index in [0.29, 0.717) is 16.7 Å². The number of para-hydroxylation sites is 1. The van der Waals surface area contributed by atoms with Gasteiger partial charge >= 0.3 is 5.97 Å². The lowest BCUT2D eigenvalue weighted by molar-refractivity contribution is -0.139. The Balaban J connectivity index is 1.69. The second-order valence-electron chi connectivity index (χ2n) is 6.25. The van der Waals surface area contributed by atoms with E-state index >= 15 is 0 Å². The summed E-state index contributed by atoms with van der Waals surface area (Å²) in [6, 6.07) is 6.92. The number of thiophene rings is 1. The molecule has 0 amide bonds. The van der Waals surface area contributed by atoms with E-state index in [1.165, 1.54) is 22.1 Å². The smallest absolute Gasteiger partial charge is 0.341 e. The van der Waals surface area contributed by atoms with Crippen LogP contribution in [-0.4, -0.2) is 33.6 Å². The molecular formula is C19H17N3O4S. The van der Waals surface area contributed by atoms with Gasteiger partial charge in [-0.15, -0.1) is 11.3 Å². The molecule has 0 bridgehead atoms. The molecule has 0 saturated carbocycles. The van der Waals surface area contributed by atoms with Crippen molar-refractivity contribution in [3.63, 3.8) is 0 Å². The van der Waals surface area contributed by atoms with E-state index in [2.05, 4.69) is 10.1 Å². The molecule has 0 radical (unpaired) electrons. The minimum atomic E-state index is -1.06. The van der Waals surface area contributed by atoms with Crippen molar-refractivity contribution in [1.29, 1.82) is 0 Å². The van der Waals surface area contributed by atoms with E-state index < -0.39 is 12.6 Å². The van der Waals surface area contributed by atoms with Gasteiger partial charge in [0.2, 0.25) is 0 Å². The number of ether oxygens (including phenoxy) is 1. The van der Waals surface area contributed by atoms with E-state index in [9.17, 15) is 9.59 Å². The number of aromatic nitrogens is 2. The SMILES string of the molecule is O=C(O)COc1ccccc1/C=N/n1cnc2sc3c(c2c1=O)CCCC3. The molecule has 0 saturated heterocycles. The first kappa shape index (κ1) is 17.4. The third kappa shape index (κ3) is 3.48. The molecule has 0 aliphatic heterocycles. The normalized spacial score (nSPS) is 13.8. The number of hydrogen-bond acceptors (Lipinski definition) is 6. The molecular weight excluding hydrogens is 366 g/mol. The van der Waals surface area contributed by atoms with Gasteiger partial charge in [0.05, 0.1) is 11.6 Å². The predicted octanol–water partition coefficient (Wildman–Crippen LogP) is 2.68. The van der Waals surface area contributed by atoms with Gasteiger partial charge in [-0.2, -0.15) is 9.78 Å². The second kappa shape index (κ2) is 7.32. The fraction of sp³-hybridized carbons (Fsp3) is 0.263. The van der Waals surface area contributed by atoms with Crippen LogP contribution in [0.2, 0.25) is 0 Å². The summed E-state index contributed by atoms with van der Waals surface area (Å²) in [6.45, 7) is -0.445. The van der Waals surface area contributed by atoms with E-state index in [1.54, 1.807) is 35.6 Å². The van der Waals surface area contributed by atoms with Crippen LogP contribution >= 0.6 is 11.3 Å². The van der Waals surface area contributed by atoms with Crippen LogP contribution in [0.1, 0.15) is 28.8 Å². The zero-order chi connectivity index (χ0) is 18.8. The molecule has 2 heterocycles. The molecule has 0 fully saturated rings. The van der Waals surface area contributed by atoms with Gasteiger partial charge in [-0.3, -0.25) is 4.79 Å². The fourth-order valence-electron chi connectivity index (χ4n) is 3.20. The molecule has 1 N–H and O–H groups in total. The largest absolute Gasteiger partial charge is 0.481 e. The fourth-order valence-corrected chi connectivity index (χ4v) is 4.42. The van der Waals surface area contributed by atoms with Crippen molar-refractivity contribution in [2.45, 2.75) is 25.7 Å². The summed E-state index contributed by atoms with van der Waals surface area (Å²) < 4.78 is 6.48. The molecule has 138 valence electrons. The van der Waals surface area contributed by atoms with Gasteiger partial charge in [0.1, 0.15) is 16.9 Å². The van der Waals surface area contributed by atoms with Crippen LogP contribution in [0.4, 0.5) is 0 Å². The van der Waals surface area contributed by atoms with Crippen molar-refractivity contribution in [1.82, 2.24) is 9.66 Å². The Hall–Kier alpha value is -3.00. The minimum absolute atomic E-state index is 0.181. The van der Waals surface area contributed by atoms with Crippen molar-refractivity contribution < 1.29 is 14.6 Å². The summed E-state index contributed by atoms with van der Waals surface area (Å²) in [4.78, 5) is 30.0. The Bertz CT molecular complexity index is 1100. The predicted molar refractivity (Wildman–Crippen MR) is 103 cm³/mol. The number of carbonyl (C=O) groups is 1. The molecule has 1 aliphatic carbocycles. The summed E-state index contributed by atoms with van der Waals surface area (Å²) in [5, 5.41) is 13.7. The van der Waals surface area contributed by atoms with E-state index in [1.807, 2.05) is 0 Å². The monoisotopic (exact) mass is 383 g/mol. The Morgan fingerprint density at radius 1 is 1.33 bits per heavy atom. The first-order valence-corrected chi connectivity index (χ1v) is 9.45. The second-order valence-corrected chi connectivity index (χ2v) is 7.33. The minimum Gasteiger partial charge on any atom is -0.481 e. The summed E-state index contributed by atoms with van der Waals surface area (Å²) in [7, 11) is 0. The number of aryl methyl sites for hydroxylation is 2. The molecule has 8 heteroatoms. The molecule has 0 atom stereocenters. The average molecular weight is 383 g/mol. The van der Waals surface area contributed by atoms with Crippen LogP contribution in [0.25, 0.3) is 10.2 Å². The molecule has 1 aromatic carbocycles. The van der Waals surface area contributed by atoms with E-state index in [-0.39, 0.29) is 5.56 Å². The van der Waals surface area contributed by atoms with Gasteiger partial charge < -0.3 is 9.84 Å². The van der Waals surface area contributed by atoms with Gasteiger partial charge in [0.25, 0.3) is 5.56 Å². The number of aliphatic carboxylic acids is 1. The van der Waals surface area contributed by atoms with Gasteiger partial charge in [-0.25, -0.2) is 9.78 Å². The molecule has 0 unspecified atom stereocenters.